The number of hydrogen-bond donors (Lipinski definition) is 1. The number of aliphatic hydroxyl groups is 1. The molecule has 1 N–H and O–H groups in total. The number of carbonyl (C=O) groups is 2. The van der Waals surface area contributed by atoms with Crippen molar-refractivity contribution in [3.05, 3.63) is 94.1 Å². The molecule has 0 spiro atoms. The van der Waals surface area contributed by atoms with Crippen molar-refractivity contribution in [2.75, 3.05) is 0 Å². The predicted molar refractivity (Wildman–Crippen MR) is 108 cm³/mol. The number of ether oxygens (including phenoxy) is 1. The lowest BCUT2D eigenvalue weighted by Gasteiger charge is -2.32. The molecule has 2 unspecified atom stereocenters. The summed E-state index contributed by atoms with van der Waals surface area (Å²) in [5, 5.41) is 48.2. The molecule has 0 aromatic heterocycles. The van der Waals surface area contributed by atoms with Gasteiger partial charge in [-0.25, -0.2) is 0 Å². The molecule has 2 aromatic carbocycles. The largest absolute Gasteiger partial charge is 0.387 e. The summed E-state index contributed by atoms with van der Waals surface area (Å²) in [5.41, 5.74) is -0.833. The number of rotatable bonds is 5. The molecule has 0 amide bonds. The number of nitrogens with zero attached hydrogens (tertiary/aromatic N) is 4. The minimum Gasteiger partial charge on any atom is -0.387 e. The molecule has 32 heavy (non-hydrogen) atoms. The van der Waals surface area contributed by atoms with Crippen molar-refractivity contribution in [2.45, 2.75) is 5.79 Å². The molecule has 8 nitrogen and oxygen atoms in total. The van der Waals surface area contributed by atoms with Gasteiger partial charge in [0, 0.05) is 28.3 Å². The first-order valence-corrected chi connectivity index (χ1v) is 9.11. The average molecular weight is 420 g/mol. The van der Waals surface area contributed by atoms with Crippen LogP contribution >= 0.6 is 0 Å². The Bertz CT molecular complexity index is 1330. The van der Waals surface area contributed by atoms with Crippen LogP contribution in [-0.4, -0.2) is 22.5 Å². The van der Waals surface area contributed by atoms with Crippen molar-refractivity contribution in [1.29, 1.82) is 21.0 Å². The normalized spacial score (nSPS) is 19.4. The molecule has 3 rings (SSSR count). The molecule has 2 aromatic rings. The second kappa shape index (κ2) is 8.78. The molecule has 0 radical (unpaired) electrons. The van der Waals surface area contributed by atoms with Gasteiger partial charge in [-0.1, -0.05) is 30.3 Å². The van der Waals surface area contributed by atoms with Gasteiger partial charge in [-0.2, -0.15) is 21.0 Å². The van der Waals surface area contributed by atoms with Crippen LogP contribution in [0.4, 0.5) is 0 Å². The predicted octanol–water partition coefficient (Wildman–Crippen LogP) is 2.71. The number of hydrogen-bond acceptors (Lipinski definition) is 8. The fraction of sp³-hybridized carbons (Fsp3) is 0.0833. The Kier molecular flexibility index (Phi) is 5.95. The second-order valence-corrected chi connectivity index (χ2v) is 6.68. The summed E-state index contributed by atoms with van der Waals surface area (Å²) in [6, 6.07) is 18.6. The average Bonchev–Trinajstić information content (AvgIpc) is 2.83. The zero-order valence-corrected chi connectivity index (χ0v) is 16.3. The smallest absolute Gasteiger partial charge is 0.289 e. The molecule has 2 atom stereocenters. The highest BCUT2D eigenvalue weighted by molar-refractivity contribution is 6.21. The Morgan fingerprint density at radius 1 is 0.875 bits per heavy atom. The molecule has 0 fully saturated rings. The maximum absolute atomic E-state index is 13.4. The third-order valence-corrected chi connectivity index (χ3v) is 4.83. The first-order chi connectivity index (χ1) is 15.4. The molecule has 152 valence electrons. The van der Waals surface area contributed by atoms with E-state index in [0.29, 0.717) is 0 Å². The first-order valence-electron chi connectivity index (χ1n) is 9.11. The van der Waals surface area contributed by atoms with Crippen LogP contribution in [0.15, 0.2) is 77.4 Å². The van der Waals surface area contributed by atoms with Crippen molar-refractivity contribution in [3.8, 4) is 24.5 Å². The van der Waals surface area contributed by atoms with E-state index in [2.05, 4.69) is 4.74 Å². The lowest BCUT2D eigenvalue weighted by molar-refractivity contribution is -0.137. The van der Waals surface area contributed by atoms with Crippen molar-refractivity contribution >= 4 is 11.6 Å². The summed E-state index contributed by atoms with van der Waals surface area (Å²) < 4.78 is 4.66. The van der Waals surface area contributed by atoms with Gasteiger partial charge in [0.05, 0.1) is 29.3 Å². The molecular formula is C24H12N4O4. The summed E-state index contributed by atoms with van der Waals surface area (Å²) in [4.78, 5) is 26.7. The van der Waals surface area contributed by atoms with Gasteiger partial charge in [-0.05, 0) is 24.3 Å². The number of nitriles is 4. The second-order valence-electron chi connectivity index (χ2n) is 6.68. The molecule has 0 saturated heterocycles. The molecule has 0 bridgehead atoms. The van der Waals surface area contributed by atoms with Crippen molar-refractivity contribution in [3.63, 3.8) is 0 Å². The van der Waals surface area contributed by atoms with Gasteiger partial charge in [-0.3, -0.25) is 9.59 Å². The fourth-order valence-electron chi connectivity index (χ4n) is 3.34. The summed E-state index contributed by atoms with van der Waals surface area (Å²) in [6.45, 7) is 0. The van der Waals surface area contributed by atoms with Crippen LogP contribution in [0.1, 0.15) is 26.3 Å². The maximum atomic E-state index is 13.4. The highest BCUT2D eigenvalue weighted by Gasteiger charge is 2.49. The Balaban J connectivity index is 2.32. The van der Waals surface area contributed by atoms with Crippen LogP contribution in [0.3, 0.4) is 0 Å². The van der Waals surface area contributed by atoms with Crippen molar-refractivity contribution < 1.29 is 19.4 Å². The van der Waals surface area contributed by atoms with Gasteiger partial charge >= 0.3 is 0 Å². The highest BCUT2D eigenvalue weighted by atomic mass is 16.6. The summed E-state index contributed by atoms with van der Waals surface area (Å²) in [6.07, 6.45) is 2.05. The Morgan fingerprint density at radius 2 is 1.50 bits per heavy atom. The van der Waals surface area contributed by atoms with E-state index in [-0.39, 0.29) is 22.3 Å². The van der Waals surface area contributed by atoms with E-state index in [1.807, 2.05) is 6.07 Å². The van der Waals surface area contributed by atoms with Crippen molar-refractivity contribution in [1.82, 2.24) is 0 Å². The van der Waals surface area contributed by atoms with Gasteiger partial charge in [0.2, 0.25) is 0 Å². The number of Topliss-reactive ketones (excluding diaryl/α,β-unsaturated/α-hetero) is 2. The van der Waals surface area contributed by atoms with E-state index in [0.717, 1.165) is 6.08 Å². The quantitative estimate of drug-likeness (QED) is 0.439. The third-order valence-electron chi connectivity index (χ3n) is 4.83. The monoisotopic (exact) mass is 420 g/mol. The van der Waals surface area contributed by atoms with Crippen LogP contribution in [0.25, 0.3) is 0 Å². The first kappa shape index (κ1) is 21.7. The van der Waals surface area contributed by atoms with E-state index in [4.69, 9.17) is 10.5 Å². The van der Waals surface area contributed by atoms with Crippen LogP contribution in [0.2, 0.25) is 0 Å². The lowest BCUT2D eigenvalue weighted by Crippen LogP contribution is -2.43. The Labute approximate surface area is 182 Å². The molecule has 0 aliphatic heterocycles. The minimum atomic E-state index is -2.63. The van der Waals surface area contributed by atoms with Gasteiger partial charge in [0.25, 0.3) is 12.0 Å². The van der Waals surface area contributed by atoms with E-state index < -0.39 is 34.4 Å². The maximum Gasteiger partial charge on any atom is 0.289 e. The molecule has 1 aliphatic rings. The van der Waals surface area contributed by atoms with E-state index in [1.165, 1.54) is 42.7 Å². The van der Waals surface area contributed by atoms with Gasteiger partial charge in [0.15, 0.2) is 11.6 Å². The number of benzene rings is 2. The SMILES string of the molecule is N#COC1(O)C=C(C#N)C(C(=O)c2ccccc2)=C(C(=O)c2ccc(C#N)cc2)C1C#N. The summed E-state index contributed by atoms with van der Waals surface area (Å²) in [7, 11) is 0. The van der Waals surface area contributed by atoms with Crippen LogP contribution in [-0.2, 0) is 4.74 Å². The molecule has 8 heteroatoms. The summed E-state index contributed by atoms with van der Waals surface area (Å²) in [5.74, 6) is -5.96. The van der Waals surface area contributed by atoms with Gasteiger partial charge in [0.1, 0.15) is 5.92 Å². The number of ketones is 2. The molecule has 0 heterocycles. The number of allylic oxidation sites excluding steroid dienone is 2. The van der Waals surface area contributed by atoms with Gasteiger partial charge in [-0.15, -0.1) is 0 Å². The Hall–Kier alpha value is -5.02. The summed E-state index contributed by atoms with van der Waals surface area (Å²) >= 11 is 0. The van der Waals surface area contributed by atoms with Crippen LogP contribution < -0.4 is 0 Å². The highest BCUT2D eigenvalue weighted by Crippen LogP contribution is 2.40. The van der Waals surface area contributed by atoms with E-state index >= 15 is 0 Å². The Morgan fingerprint density at radius 3 is 2.03 bits per heavy atom. The van der Waals surface area contributed by atoms with Crippen LogP contribution in [0.5, 0.6) is 0 Å². The molecule has 0 saturated carbocycles. The standard InChI is InChI=1S/C24H12N4O4/c25-11-15-6-8-17(9-7-15)23(30)21-19(13-27)24(31,32-14-28)10-18(12-26)20(21)22(29)16-4-2-1-3-5-16/h1-10,19,31H. The third kappa shape index (κ3) is 3.74. The van der Waals surface area contributed by atoms with E-state index in [9.17, 15) is 25.2 Å². The minimum absolute atomic E-state index is 0.0103. The topological polar surface area (TPSA) is 159 Å². The van der Waals surface area contributed by atoms with Crippen LogP contribution in [0, 0.1) is 51.4 Å². The number of carbonyl (C=O) groups excluding carboxylic acids is 2. The molecular weight excluding hydrogens is 408 g/mol. The lowest BCUT2D eigenvalue weighted by atomic mass is 9.74. The zero-order valence-electron chi connectivity index (χ0n) is 16.3. The fourth-order valence-corrected chi connectivity index (χ4v) is 3.34. The van der Waals surface area contributed by atoms with Gasteiger partial charge < -0.3 is 9.84 Å². The van der Waals surface area contributed by atoms with E-state index in [1.54, 1.807) is 30.3 Å². The van der Waals surface area contributed by atoms with Crippen molar-refractivity contribution in [2.24, 2.45) is 5.92 Å². The molecule has 1 aliphatic carbocycles. The zero-order chi connectivity index (χ0) is 23.3.